The molecule has 2 rings (SSSR count). The summed E-state index contributed by atoms with van der Waals surface area (Å²) in [6.45, 7) is 8.13. The van der Waals surface area contributed by atoms with E-state index in [1.54, 1.807) is 18.2 Å². The van der Waals surface area contributed by atoms with Crippen LogP contribution in [0, 0.1) is 13.8 Å². The summed E-state index contributed by atoms with van der Waals surface area (Å²) in [4.78, 5) is 11.4. The minimum absolute atomic E-state index is 0.172. The van der Waals surface area contributed by atoms with Gasteiger partial charge in [-0.2, -0.15) is 0 Å². The first-order chi connectivity index (χ1) is 14.6. The van der Waals surface area contributed by atoms with E-state index in [2.05, 4.69) is 23.3 Å². The lowest BCUT2D eigenvalue weighted by atomic mass is 9.97. The fourth-order valence-corrected chi connectivity index (χ4v) is 4.88. The van der Waals surface area contributed by atoms with E-state index in [0.717, 1.165) is 48.8 Å². The molecule has 0 unspecified atom stereocenters. The number of anilines is 1. The number of carbonyl (C=O) groups excluding carboxylic acids is 1. The van der Waals surface area contributed by atoms with E-state index in [-0.39, 0.29) is 10.9 Å². The van der Waals surface area contributed by atoms with E-state index >= 15 is 0 Å². The number of esters is 1. The molecule has 0 radical (unpaired) electrons. The van der Waals surface area contributed by atoms with Crippen molar-refractivity contribution >= 4 is 21.7 Å². The third-order valence-electron chi connectivity index (χ3n) is 5.49. The fraction of sp³-hybridized carbons (Fsp3) is 0.480. The lowest BCUT2D eigenvalue weighted by Gasteiger charge is -2.17. The molecule has 0 atom stereocenters. The zero-order valence-electron chi connectivity index (χ0n) is 19.3. The quantitative estimate of drug-likeness (QED) is 0.345. The Bertz CT molecular complexity index is 973. The van der Waals surface area contributed by atoms with Crippen molar-refractivity contribution in [3.63, 3.8) is 0 Å². The third-order valence-corrected chi connectivity index (χ3v) is 6.84. The molecule has 2 aromatic carbocycles. The van der Waals surface area contributed by atoms with E-state index in [1.807, 2.05) is 32.0 Å². The number of sulfonamides is 1. The summed E-state index contributed by atoms with van der Waals surface area (Å²) in [5.74, 6) is 0.218. The maximum atomic E-state index is 13.0. The SMILES string of the molecule is COC(=O)CCCCCCc1cccc(S(=O)(=O)Nc2c(C)cc(C(C)C)cc2C)c1. The standard InChI is InChI=1S/C25H35NO4S/c1-18(2)22-15-19(3)25(20(4)16-22)26-31(28,29)23-13-10-12-21(17-23)11-8-6-7-9-14-24(27)30-5/h10,12-13,15-18,26H,6-9,11,14H2,1-5H3. The van der Waals surface area contributed by atoms with Crippen molar-refractivity contribution in [3.05, 3.63) is 58.7 Å². The van der Waals surface area contributed by atoms with Gasteiger partial charge >= 0.3 is 5.97 Å². The van der Waals surface area contributed by atoms with E-state index in [4.69, 9.17) is 0 Å². The molecule has 0 saturated carbocycles. The molecule has 0 spiro atoms. The van der Waals surface area contributed by atoms with Crippen molar-refractivity contribution in [2.45, 2.75) is 77.0 Å². The summed E-state index contributed by atoms with van der Waals surface area (Å²) < 4.78 is 33.5. The van der Waals surface area contributed by atoms with Gasteiger partial charge in [0.15, 0.2) is 0 Å². The number of benzene rings is 2. The number of nitrogens with one attached hydrogen (secondary N) is 1. The molecule has 0 amide bonds. The van der Waals surface area contributed by atoms with Gasteiger partial charge in [-0.1, -0.05) is 51.0 Å². The average molecular weight is 446 g/mol. The van der Waals surface area contributed by atoms with E-state index in [0.29, 0.717) is 18.0 Å². The second-order valence-electron chi connectivity index (χ2n) is 8.43. The molecule has 2 aromatic rings. The summed E-state index contributed by atoms with van der Waals surface area (Å²) in [6.07, 6.45) is 4.98. The first-order valence-corrected chi connectivity index (χ1v) is 12.4. The zero-order valence-corrected chi connectivity index (χ0v) is 20.1. The number of methoxy groups -OCH3 is 1. The van der Waals surface area contributed by atoms with Crippen molar-refractivity contribution in [1.29, 1.82) is 0 Å². The molecule has 0 aromatic heterocycles. The second-order valence-corrected chi connectivity index (χ2v) is 10.1. The fourth-order valence-electron chi connectivity index (χ4n) is 3.61. The Morgan fingerprint density at radius 2 is 1.65 bits per heavy atom. The number of ether oxygens (including phenoxy) is 1. The van der Waals surface area contributed by atoms with Gasteiger partial charge in [-0.3, -0.25) is 9.52 Å². The first-order valence-electron chi connectivity index (χ1n) is 10.9. The molecule has 0 fully saturated rings. The minimum atomic E-state index is -3.67. The molecule has 0 aliphatic rings. The van der Waals surface area contributed by atoms with Crippen LogP contribution >= 0.6 is 0 Å². The van der Waals surface area contributed by atoms with Crippen molar-refractivity contribution < 1.29 is 17.9 Å². The molecular weight excluding hydrogens is 410 g/mol. The first kappa shape index (κ1) is 24.9. The number of hydrogen-bond donors (Lipinski definition) is 1. The monoisotopic (exact) mass is 445 g/mol. The van der Waals surface area contributed by atoms with Crippen molar-refractivity contribution in [2.24, 2.45) is 0 Å². The van der Waals surface area contributed by atoms with Crippen LogP contribution in [0.15, 0.2) is 41.3 Å². The summed E-state index contributed by atoms with van der Waals surface area (Å²) in [5.41, 5.74) is 4.71. The number of rotatable bonds is 11. The van der Waals surface area contributed by atoms with Crippen LogP contribution in [0.25, 0.3) is 0 Å². The normalized spacial score (nSPS) is 11.5. The second kappa shape index (κ2) is 11.3. The molecule has 170 valence electrons. The molecule has 6 heteroatoms. The topological polar surface area (TPSA) is 72.5 Å². The average Bonchev–Trinajstić information content (AvgIpc) is 2.73. The van der Waals surface area contributed by atoms with Crippen molar-refractivity contribution in [1.82, 2.24) is 0 Å². The van der Waals surface area contributed by atoms with E-state index in [9.17, 15) is 13.2 Å². The Hall–Kier alpha value is -2.34. The highest BCUT2D eigenvalue weighted by atomic mass is 32.2. The van der Waals surface area contributed by atoms with Gasteiger partial charge in [0.2, 0.25) is 0 Å². The van der Waals surface area contributed by atoms with Crippen LogP contribution in [0.5, 0.6) is 0 Å². The summed E-state index contributed by atoms with van der Waals surface area (Å²) in [6, 6.07) is 11.2. The van der Waals surface area contributed by atoms with E-state index < -0.39 is 10.0 Å². The van der Waals surface area contributed by atoms with Crippen molar-refractivity contribution in [2.75, 3.05) is 11.8 Å². The van der Waals surface area contributed by atoms with Crippen LogP contribution in [0.2, 0.25) is 0 Å². The summed E-state index contributed by atoms with van der Waals surface area (Å²) in [7, 11) is -2.26. The van der Waals surface area contributed by atoms with Crippen LogP contribution in [0.1, 0.15) is 74.1 Å². The van der Waals surface area contributed by atoms with Crippen LogP contribution in [-0.2, 0) is 26.0 Å². The van der Waals surface area contributed by atoms with Gasteiger partial charge in [-0.25, -0.2) is 8.42 Å². The van der Waals surface area contributed by atoms with E-state index in [1.165, 1.54) is 12.7 Å². The maximum Gasteiger partial charge on any atom is 0.305 e. The van der Waals surface area contributed by atoms with Crippen LogP contribution in [0.3, 0.4) is 0 Å². The summed E-state index contributed by atoms with van der Waals surface area (Å²) in [5, 5.41) is 0. The predicted molar refractivity (Wildman–Crippen MR) is 126 cm³/mol. The molecule has 0 bridgehead atoms. The minimum Gasteiger partial charge on any atom is -0.469 e. The van der Waals surface area contributed by atoms with Gasteiger partial charge in [0, 0.05) is 6.42 Å². The maximum absolute atomic E-state index is 13.0. The third kappa shape index (κ3) is 7.39. The largest absolute Gasteiger partial charge is 0.469 e. The molecule has 0 aliphatic heterocycles. The van der Waals surface area contributed by atoms with Gasteiger partial charge in [-0.05, 0) is 73.4 Å². The Kier molecular flexibility index (Phi) is 9.11. The lowest BCUT2D eigenvalue weighted by molar-refractivity contribution is -0.140. The van der Waals surface area contributed by atoms with Gasteiger partial charge in [0.05, 0.1) is 17.7 Å². The van der Waals surface area contributed by atoms with Gasteiger partial charge in [0.1, 0.15) is 0 Å². The van der Waals surface area contributed by atoms with Gasteiger partial charge < -0.3 is 4.74 Å². The smallest absolute Gasteiger partial charge is 0.305 e. The van der Waals surface area contributed by atoms with Gasteiger partial charge in [0.25, 0.3) is 10.0 Å². The Morgan fingerprint density at radius 1 is 1.00 bits per heavy atom. The Balaban J connectivity index is 2.02. The number of unbranched alkanes of at least 4 members (excludes halogenated alkanes) is 3. The Labute approximate surface area is 187 Å². The van der Waals surface area contributed by atoms with Crippen LogP contribution in [0.4, 0.5) is 5.69 Å². The number of hydrogen-bond acceptors (Lipinski definition) is 4. The highest BCUT2D eigenvalue weighted by Crippen LogP contribution is 2.28. The molecule has 0 saturated heterocycles. The molecule has 5 nitrogen and oxygen atoms in total. The highest BCUT2D eigenvalue weighted by molar-refractivity contribution is 7.92. The molecule has 1 N–H and O–H groups in total. The molecular formula is C25H35NO4S. The number of carbonyl (C=O) groups is 1. The molecule has 0 aliphatic carbocycles. The van der Waals surface area contributed by atoms with Crippen LogP contribution < -0.4 is 4.72 Å². The summed E-state index contributed by atoms with van der Waals surface area (Å²) >= 11 is 0. The van der Waals surface area contributed by atoms with Crippen LogP contribution in [-0.4, -0.2) is 21.5 Å². The molecule has 31 heavy (non-hydrogen) atoms. The highest BCUT2D eigenvalue weighted by Gasteiger charge is 2.18. The molecule has 0 heterocycles. The zero-order chi connectivity index (χ0) is 23.0. The number of aryl methyl sites for hydroxylation is 3. The Morgan fingerprint density at radius 3 is 2.26 bits per heavy atom. The predicted octanol–water partition coefficient (Wildman–Crippen LogP) is 5.89. The van der Waals surface area contributed by atoms with Crippen molar-refractivity contribution in [3.8, 4) is 0 Å². The lowest BCUT2D eigenvalue weighted by Crippen LogP contribution is -2.15. The van der Waals surface area contributed by atoms with Gasteiger partial charge in [-0.15, -0.1) is 0 Å².